The molecule has 2 nitrogen and oxygen atoms in total. The van der Waals surface area contributed by atoms with E-state index in [1.54, 1.807) is 5.57 Å². The van der Waals surface area contributed by atoms with Crippen molar-refractivity contribution in [1.29, 1.82) is 0 Å². The molecule has 4 aliphatic carbocycles. The summed E-state index contributed by atoms with van der Waals surface area (Å²) in [5.74, 6) is 5.53. The molecular weight excluding hydrogens is 390 g/mol. The van der Waals surface area contributed by atoms with Gasteiger partial charge in [-0.25, -0.2) is 4.58 Å². The second-order valence-electron chi connectivity index (χ2n) is 13.4. The van der Waals surface area contributed by atoms with Crippen LogP contribution in [0.1, 0.15) is 105 Å². The molecule has 0 unspecified atom stereocenters. The fraction of sp³-hybridized carbons (Fsp3) is 0.900. The van der Waals surface area contributed by atoms with Crippen molar-refractivity contribution in [2.24, 2.45) is 46.3 Å². The molecular formula is C30H52NO+. The molecule has 0 aromatic carbocycles. The van der Waals surface area contributed by atoms with Gasteiger partial charge < -0.3 is 4.74 Å². The van der Waals surface area contributed by atoms with Gasteiger partial charge in [-0.1, -0.05) is 65.5 Å². The average Bonchev–Trinajstić information content (AvgIpc) is 3.09. The van der Waals surface area contributed by atoms with Gasteiger partial charge in [0.05, 0.1) is 0 Å². The van der Waals surface area contributed by atoms with Crippen LogP contribution < -0.4 is 0 Å². The third-order valence-electron chi connectivity index (χ3n) is 10.7. The van der Waals surface area contributed by atoms with Crippen LogP contribution in [0.25, 0.3) is 0 Å². The Morgan fingerprint density at radius 2 is 1.81 bits per heavy atom. The topological polar surface area (TPSA) is 12.2 Å². The van der Waals surface area contributed by atoms with E-state index in [9.17, 15) is 0 Å². The monoisotopic (exact) mass is 442 g/mol. The number of allylic oxidation sites excluding steroid dienone is 1. The Labute approximate surface area is 199 Å². The summed E-state index contributed by atoms with van der Waals surface area (Å²) in [5, 5.41) is 0. The molecule has 3 saturated carbocycles. The summed E-state index contributed by atoms with van der Waals surface area (Å²) in [6.45, 7) is 12.7. The van der Waals surface area contributed by atoms with Gasteiger partial charge in [0, 0.05) is 6.42 Å². The van der Waals surface area contributed by atoms with Crippen LogP contribution in [0.3, 0.4) is 0 Å². The van der Waals surface area contributed by atoms with Gasteiger partial charge in [0.1, 0.15) is 20.2 Å². The zero-order valence-corrected chi connectivity index (χ0v) is 22.3. The first kappa shape index (κ1) is 24.3. The lowest BCUT2D eigenvalue weighted by atomic mass is 9.47. The summed E-state index contributed by atoms with van der Waals surface area (Å²) < 4.78 is 8.14. The third kappa shape index (κ3) is 4.46. The molecule has 2 heteroatoms. The molecule has 3 fully saturated rings. The second kappa shape index (κ2) is 9.46. The molecule has 0 N–H and O–H groups in total. The zero-order valence-electron chi connectivity index (χ0n) is 22.3. The lowest BCUT2D eigenvalue weighted by Gasteiger charge is -2.58. The Balaban J connectivity index is 1.45. The summed E-state index contributed by atoms with van der Waals surface area (Å²) in [6.07, 6.45) is 20.3. The molecule has 182 valence electrons. The summed E-state index contributed by atoms with van der Waals surface area (Å²) in [5.41, 5.74) is 2.77. The molecule has 4 rings (SSSR count). The van der Waals surface area contributed by atoms with Gasteiger partial charge in [-0.3, -0.25) is 0 Å². The number of hydrogen-bond donors (Lipinski definition) is 0. The van der Waals surface area contributed by atoms with Gasteiger partial charge >= 0.3 is 6.40 Å². The van der Waals surface area contributed by atoms with E-state index in [1.807, 2.05) is 11.0 Å². The number of hydrogen-bond acceptors (Lipinski definition) is 1. The number of nitrogens with zero attached hydrogens (tertiary/aromatic N) is 1. The van der Waals surface area contributed by atoms with Crippen LogP contribution in [0, 0.1) is 46.3 Å². The number of fused-ring (bicyclic) bond motifs is 5. The highest BCUT2D eigenvalue weighted by Crippen LogP contribution is 2.67. The number of rotatable bonds is 7. The minimum atomic E-state index is 0.379. The molecule has 0 spiro atoms. The van der Waals surface area contributed by atoms with E-state index in [4.69, 9.17) is 4.74 Å². The molecule has 0 amide bonds. The largest absolute Gasteiger partial charge is 0.447 e. The standard InChI is InChI=1S/C30H52NO/c1-21(2)9-8-10-22(3)26-13-14-27-25-12-11-23-19-24(32-20-31(6)7)15-17-29(23,4)28(25)16-18-30(26,27)5/h11,20-22,24-28H,8-10,12-19H2,1-7H3/q+1/t22-,24-,25-,26+,27-,28-,29-,30+/m0/s1. The molecule has 0 bridgehead atoms. The van der Waals surface area contributed by atoms with Crippen molar-refractivity contribution in [2.75, 3.05) is 14.1 Å². The predicted molar refractivity (Wildman–Crippen MR) is 136 cm³/mol. The van der Waals surface area contributed by atoms with Crippen LogP contribution in [0.15, 0.2) is 11.6 Å². The summed E-state index contributed by atoms with van der Waals surface area (Å²) in [6, 6.07) is 0. The first-order valence-corrected chi connectivity index (χ1v) is 14.0. The first-order valence-electron chi connectivity index (χ1n) is 14.0. The van der Waals surface area contributed by atoms with Crippen molar-refractivity contribution >= 4 is 6.40 Å². The Hall–Kier alpha value is -0.790. The SMILES string of the molecule is CC(C)CCC[C@H](C)[C@H]1CC[C@H]2[C@@H]3CC=C4C[C@@H](OC=[N+](C)C)CC[C@]4(C)[C@H]3CC[C@]12C. The molecule has 4 aliphatic rings. The molecule has 0 saturated heterocycles. The minimum absolute atomic E-state index is 0.379. The fourth-order valence-electron chi connectivity index (χ4n) is 8.98. The first-order chi connectivity index (χ1) is 15.1. The van der Waals surface area contributed by atoms with Crippen molar-refractivity contribution in [2.45, 2.75) is 111 Å². The highest BCUT2D eigenvalue weighted by Gasteiger charge is 2.59. The van der Waals surface area contributed by atoms with Crippen molar-refractivity contribution in [3.05, 3.63) is 11.6 Å². The van der Waals surface area contributed by atoms with E-state index in [1.165, 1.54) is 64.2 Å². The highest BCUT2D eigenvalue weighted by atomic mass is 16.5. The molecule has 32 heavy (non-hydrogen) atoms. The zero-order chi connectivity index (χ0) is 23.1. The van der Waals surface area contributed by atoms with Crippen LogP contribution in [-0.2, 0) is 4.74 Å². The van der Waals surface area contributed by atoms with Crippen LogP contribution in [0.2, 0.25) is 0 Å². The summed E-state index contributed by atoms with van der Waals surface area (Å²) in [7, 11) is 4.10. The number of ether oxygens (including phenoxy) is 1. The maximum absolute atomic E-state index is 6.11. The summed E-state index contributed by atoms with van der Waals surface area (Å²) >= 11 is 0. The van der Waals surface area contributed by atoms with Crippen LogP contribution >= 0.6 is 0 Å². The fourth-order valence-corrected chi connectivity index (χ4v) is 8.98. The minimum Gasteiger partial charge on any atom is -0.447 e. The van der Waals surface area contributed by atoms with Gasteiger partial charge in [0.2, 0.25) is 0 Å². The van der Waals surface area contributed by atoms with Gasteiger partial charge in [-0.05, 0) is 91.3 Å². The molecule has 0 aromatic heterocycles. The van der Waals surface area contributed by atoms with E-state index in [0.717, 1.165) is 41.9 Å². The van der Waals surface area contributed by atoms with Crippen LogP contribution in [0.5, 0.6) is 0 Å². The molecule has 0 radical (unpaired) electrons. The van der Waals surface area contributed by atoms with Crippen molar-refractivity contribution in [3.8, 4) is 0 Å². The average molecular weight is 443 g/mol. The van der Waals surface area contributed by atoms with E-state index in [-0.39, 0.29) is 0 Å². The lowest BCUT2D eigenvalue weighted by molar-refractivity contribution is -0.469. The summed E-state index contributed by atoms with van der Waals surface area (Å²) in [4.78, 5) is 0. The Kier molecular flexibility index (Phi) is 7.19. The third-order valence-corrected chi connectivity index (χ3v) is 10.7. The van der Waals surface area contributed by atoms with Crippen molar-refractivity contribution in [1.82, 2.24) is 0 Å². The smallest absolute Gasteiger partial charge is 0.323 e. The van der Waals surface area contributed by atoms with Gasteiger partial charge in [0.25, 0.3) is 0 Å². The van der Waals surface area contributed by atoms with E-state index >= 15 is 0 Å². The normalized spacial score (nSPS) is 41.9. The second-order valence-corrected chi connectivity index (χ2v) is 13.4. The highest BCUT2D eigenvalue weighted by molar-refractivity contribution is 5.40. The molecule has 8 atom stereocenters. The van der Waals surface area contributed by atoms with E-state index < -0.39 is 0 Å². The van der Waals surface area contributed by atoms with Gasteiger partial charge in [0.15, 0.2) is 0 Å². The van der Waals surface area contributed by atoms with Crippen LogP contribution in [-0.4, -0.2) is 31.2 Å². The molecule has 0 aromatic rings. The Morgan fingerprint density at radius 3 is 2.53 bits per heavy atom. The van der Waals surface area contributed by atoms with Crippen molar-refractivity contribution in [3.63, 3.8) is 0 Å². The predicted octanol–water partition coefficient (Wildman–Crippen LogP) is 7.71. The molecule has 0 heterocycles. The van der Waals surface area contributed by atoms with Gasteiger partial charge in [-0.15, -0.1) is 0 Å². The lowest BCUT2D eigenvalue weighted by Crippen LogP contribution is -2.51. The molecule has 0 aliphatic heterocycles. The van der Waals surface area contributed by atoms with E-state index in [2.05, 4.69) is 54.8 Å². The maximum Gasteiger partial charge on any atom is 0.323 e. The Morgan fingerprint density at radius 1 is 1.03 bits per heavy atom. The quantitative estimate of drug-likeness (QED) is 0.170. The van der Waals surface area contributed by atoms with E-state index in [0.29, 0.717) is 16.9 Å². The van der Waals surface area contributed by atoms with Crippen LogP contribution in [0.4, 0.5) is 0 Å². The van der Waals surface area contributed by atoms with Gasteiger partial charge in [-0.2, -0.15) is 0 Å². The Bertz CT molecular complexity index is 718. The maximum atomic E-state index is 6.11. The van der Waals surface area contributed by atoms with Crippen molar-refractivity contribution < 1.29 is 9.31 Å².